The first-order chi connectivity index (χ1) is 13.9. The van der Waals surface area contributed by atoms with Crippen LogP contribution in [0.5, 0.6) is 0 Å². The van der Waals surface area contributed by atoms with E-state index in [1.807, 2.05) is 13.0 Å². The van der Waals surface area contributed by atoms with Gasteiger partial charge in [-0.1, -0.05) is 24.3 Å². The summed E-state index contributed by atoms with van der Waals surface area (Å²) in [7, 11) is 6.44. The first-order valence-electron chi connectivity index (χ1n) is 9.77. The van der Waals surface area contributed by atoms with Gasteiger partial charge in [-0.15, -0.1) is 0 Å². The van der Waals surface area contributed by atoms with Gasteiger partial charge in [0.2, 0.25) is 0 Å². The highest BCUT2D eigenvalue weighted by atomic mass is 16.4. The number of hydrogen-bond donors (Lipinski definition) is 2. The Hall–Kier alpha value is -3.19. The van der Waals surface area contributed by atoms with Crippen molar-refractivity contribution in [3.8, 4) is 0 Å². The summed E-state index contributed by atoms with van der Waals surface area (Å²) in [6.07, 6.45) is 0.959. The zero-order chi connectivity index (χ0) is 22.6. The number of benzene rings is 2. The minimum absolute atomic E-state index is 0.143. The molecule has 1 aliphatic rings. The van der Waals surface area contributed by atoms with Gasteiger partial charge in [0.1, 0.15) is 0 Å². The molecule has 0 unspecified atom stereocenters. The van der Waals surface area contributed by atoms with Crippen LogP contribution in [0.1, 0.15) is 50.8 Å². The number of aliphatic carboxylic acids is 1. The maximum absolute atomic E-state index is 13.1. The predicted molar refractivity (Wildman–Crippen MR) is 116 cm³/mol. The van der Waals surface area contributed by atoms with E-state index in [4.69, 9.17) is 15.6 Å². The van der Waals surface area contributed by atoms with Crippen molar-refractivity contribution < 1.29 is 24.0 Å². The number of nitrogens with zero attached hydrogens (tertiary/aromatic N) is 1. The second kappa shape index (κ2) is 9.09. The molecule has 0 saturated carbocycles. The van der Waals surface area contributed by atoms with Gasteiger partial charge in [-0.25, -0.2) is 0 Å². The van der Waals surface area contributed by atoms with Crippen LogP contribution in [-0.4, -0.2) is 56.3 Å². The number of nitrogen functional groups attached to an aromatic ring is 1. The molecular formula is C23H29N3O4. The molecule has 30 heavy (non-hydrogen) atoms. The molecule has 0 bridgehead atoms. The Labute approximate surface area is 177 Å². The number of fused-ring (bicyclic) bond motifs is 2. The predicted octanol–water partition coefficient (Wildman–Crippen LogP) is 1.62. The summed E-state index contributed by atoms with van der Waals surface area (Å²) in [6, 6.07) is 8.81. The number of carbonyl (C=O) groups excluding carboxylic acids is 3. The fraction of sp³-hybridized carbons (Fsp3) is 0.348. The lowest BCUT2D eigenvalue weighted by Gasteiger charge is -2.25. The average Bonchev–Trinajstić information content (AvgIpc) is 2.64. The fourth-order valence-electron chi connectivity index (χ4n) is 3.37. The van der Waals surface area contributed by atoms with Crippen molar-refractivity contribution in [1.82, 2.24) is 0 Å². The summed E-state index contributed by atoms with van der Waals surface area (Å²) in [4.78, 5) is 34.9. The number of carboxylic acids is 1. The van der Waals surface area contributed by atoms with E-state index >= 15 is 0 Å². The molecule has 3 rings (SSSR count). The number of carbonyl (C=O) groups is 3. The van der Waals surface area contributed by atoms with E-state index in [-0.39, 0.29) is 11.6 Å². The highest BCUT2D eigenvalue weighted by Gasteiger charge is 2.33. The summed E-state index contributed by atoms with van der Waals surface area (Å²) in [5, 5.41) is 12.2. The van der Waals surface area contributed by atoms with Gasteiger partial charge < -0.3 is 25.4 Å². The summed E-state index contributed by atoms with van der Waals surface area (Å²) >= 11 is 0. The largest absolute Gasteiger partial charge is 0.550 e. The van der Waals surface area contributed by atoms with Crippen LogP contribution in [0, 0.1) is 6.92 Å². The van der Waals surface area contributed by atoms with E-state index in [2.05, 4.69) is 26.5 Å². The standard InChI is InChI=1S/C21H25N3O2.C2H4O2/c1-13-12-16(23-10-7-11-24(2,3)4)17-18(19(13)22)21(26)15-9-6-5-8-14(15)20(17)25;1-2(3)4/h5-6,8-9,12H,7,10-11H2,1-4H3,(H2-,22,23,25,26);1H3,(H,3,4). The van der Waals surface area contributed by atoms with Crippen molar-refractivity contribution in [3.63, 3.8) is 0 Å². The zero-order valence-electron chi connectivity index (χ0n) is 18.2. The monoisotopic (exact) mass is 411 g/mol. The molecule has 0 spiro atoms. The molecule has 7 heteroatoms. The van der Waals surface area contributed by atoms with E-state index in [0.29, 0.717) is 33.6 Å². The van der Waals surface area contributed by atoms with Crippen molar-refractivity contribution in [3.05, 3.63) is 58.1 Å². The summed E-state index contributed by atoms with van der Waals surface area (Å²) < 4.78 is 0.880. The summed E-state index contributed by atoms with van der Waals surface area (Å²) in [5.41, 5.74) is 9.70. The molecule has 0 aromatic heterocycles. The lowest BCUT2D eigenvalue weighted by atomic mass is 9.81. The summed E-state index contributed by atoms with van der Waals surface area (Å²) in [5.74, 6) is -1.40. The van der Waals surface area contributed by atoms with Crippen molar-refractivity contribution >= 4 is 28.9 Å². The van der Waals surface area contributed by atoms with Gasteiger partial charge in [0, 0.05) is 41.4 Å². The Bertz CT molecular complexity index is 987. The molecular weight excluding hydrogens is 382 g/mol. The van der Waals surface area contributed by atoms with E-state index in [1.54, 1.807) is 24.3 Å². The SMILES string of the molecule is CC(=O)[O-].Cc1cc(NCCC[N+](C)(C)C)c2c(c1N)C(=O)c1ccccc1C2=O. The number of quaternary nitrogens is 1. The number of hydrogen-bond acceptors (Lipinski definition) is 6. The fourth-order valence-corrected chi connectivity index (χ4v) is 3.37. The van der Waals surface area contributed by atoms with Crippen molar-refractivity contribution in [2.24, 2.45) is 0 Å². The second-order valence-corrected chi connectivity index (χ2v) is 8.39. The number of nitrogens with two attached hydrogens (primary N) is 1. The first kappa shape index (κ1) is 23.1. The number of ketones is 2. The molecule has 1 aliphatic carbocycles. The molecule has 160 valence electrons. The number of aryl methyl sites for hydroxylation is 1. The van der Waals surface area contributed by atoms with Gasteiger partial charge >= 0.3 is 0 Å². The van der Waals surface area contributed by atoms with Crippen LogP contribution in [0.15, 0.2) is 30.3 Å². The lowest BCUT2D eigenvalue weighted by Crippen LogP contribution is -2.36. The average molecular weight is 412 g/mol. The van der Waals surface area contributed by atoms with Gasteiger partial charge in [0.15, 0.2) is 11.6 Å². The minimum Gasteiger partial charge on any atom is -0.550 e. The van der Waals surface area contributed by atoms with Crippen molar-refractivity contribution in [2.75, 3.05) is 45.3 Å². The van der Waals surface area contributed by atoms with E-state index < -0.39 is 5.97 Å². The van der Waals surface area contributed by atoms with E-state index in [1.165, 1.54) is 0 Å². The first-order valence-corrected chi connectivity index (χ1v) is 9.77. The highest BCUT2D eigenvalue weighted by Crippen LogP contribution is 2.37. The van der Waals surface area contributed by atoms with Crippen molar-refractivity contribution in [1.29, 1.82) is 0 Å². The molecule has 0 heterocycles. The van der Waals surface area contributed by atoms with Gasteiger partial charge in [-0.05, 0) is 25.5 Å². The third-order valence-electron chi connectivity index (χ3n) is 4.77. The van der Waals surface area contributed by atoms with E-state index in [0.717, 1.165) is 36.5 Å². The summed E-state index contributed by atoms with van der Waals surface area (Å²) in [6.45, 7) is 4.58. The maximum atomic E-state index is 13.1. The Morgan fingerprint density at radius 3 is 2.07 bits per heavy atom. The molecule has 0 aliphatic heterocycles. The van der Waals surface area contributed by atoms with Gasteiger partial charge in [0.25, 0.3) is 0 Å². The zero-order valence-corrected chi connectivity index (χ0v) is 18.2. The molecule has 2 aromatic rings. The smallest absolute Gasteiger partial charge is 0.196 e. The van der Waals surface area contributed by atoms with Crippen LogP contribution in [0.25, 0.3) is 0 Å². The van der Waals surface area contributed by atoms with Crippen molar-refractivity contribution in [2.45, 2.75) is 20.3 Å². The Balaban J connectivity index is 0.000000735. The second-order valence-electron chi connectivity index (χ2n) is 8.39. The molecule has 0 amide bonds. The third kappa shape index (κ3) is 5.24. The van der Waals surface area contributed by atoms with Crippen LogP contribution in [-0.2, 0) is 4.79 Å². The van der Waals surface area contributed by atoms with E-state index in [9.17, 15) is 9.59 Å². The topological polar surface area (TPSA) is 112 Å². The number of rotatable bonds is 5. The number of nitrogens with one attached hydrogen (secondary N) is 1. The Morgan fingerprint density at radius 1 is 1.07 bits per heavy atom. The van der Waals surface area contributed by atoms with Crippen LogP contribution in [0.4, 0.5) is 11.4 Å². The van der Waals surface area contributed by atoms with Gasteiger partial charge in [-0.2, -0.15) is 0 Å². The van der Waals surface area contributed by atoms with Crippen LogP contribution >= 0.6 is 0 Å². The molecule has 7 nitrogen and oxygen atoms in total. The maximum Gasteiger partial charge on any atom is 0.196 e. The number of carboxylic acid groups (broad SMARTS) is 1. The van der Waals surface area contributed by atoms with Crippen LogP contribution < -0.4 is 16.2 Å². The molecule has 0 saturated heterocycles. The van der Waals surface area contributed by atoms with Gasteiger partial charge in [0.05, 0.1) is 38.8 Å². The highest BCUT2D eigenvalue weighted by molar-refractivity contribution is 6.32. The lowest BCUT2D eigenvalue weighted by molar-refractivity contribution is -0.870. The Morgan fingerprint density at radius 2 is 1.57 bits per heavy atom. The normalized spacial score (nSPS) is 12.4. The molecule has 0 fully saturated rings. The Kier molecular flexibility index (Phi) is 7.00. The molecule has 0 atom stereocenters. The minimum atomic E-state index is -1.08. The number of anilines is 2. The molecule has 3 N–H and O–H groups in total. The van der Waals surface area contributed by atoms with Gasteiger partial charge in [-0.3, -0.25) is 9.59 Å². The molecule has 0 radical (unpaired) electrons. The quantitative estimate of drug-likeness (QED) is 0.375. The molecule has 2 aromatic carbocycles. The van der Waals surface area contributed by atoms with Crippen LogP contribution in [0.3, 0.4) is 0 Å². The third-order valence-corrected chi connectivity index (χ3v) is 4.77. The van der Waals surface area contributed by atoms with Crippen LogP contribution in [0.2, 0.25) is 0 Å².